The highest BCUT2D eigenvalue weighted by atomic mass is 32.2. The number of nitrogens with two attached hydrogens (primary N) is 6. The van der Waals surface area contributed by atoms with Gasteiger partial charge in [-0.05, 0) is 87.5 Å². The Hall–Kier alpha value is -5.50. The molecular formula is C46H76N12O7S. The van der Waals surface area contributed by atoms with Crippen molar-refractivity contribution >= 4 is 75.6 Å². The van der Waals surface area contributed by atoms with E-state index in [1.54, 1.807) is 13.1 Å². The Morgan fingerprint density at radius 1 is 0.682 bits per heavy atom. The van der Waals surface area contributed by atoms with Crippen molar-refractivity contribution in [2.45, 2.75) is 129 Å². The van der Waals surface area contributed by atoms with Gasteiger partial charge < -0.3 is 55.3 Å². The van der Waals surface area contributed by atoms with Gasteiger partial charge in [-0.1, -0.05) is 45.4 Å². The summed E-state index contributed by atoms with van der Waals surface area (Å²) in [7, 11) is 0. The molecule has 0 spiro atoms. The Morgan fingerprint density at radius 2 is 1.23 bits per heavy atom. The highest BCUT2D eigenvalue weighted by molar-refractivity contribution is 7.98. The van der Waals surface area contributed by atoms with Crippen molar-refractivity contribution in [1.29, 1.82) is 0 Å². The van der Waals surface area contributed by atoms with E-state index in [0.29, 0.717) is 50.8 Å². The van der Waals surface area contributed by atoms with Crippen molar-refractivity contribution in [3.05, 3.63) is 36.0 Å². The van der Waals surface area contributed by atoms with Gasteiger partial charge in [0.15, 0.2) is 29.3 Å². The summed E-state index contributed by atoms with van der Waals surface area (Å²) in [6.07, 6.45) is 6.36. The molecule has 368 valence electrons. The van der Waals surface area contributed by atoms with Crippen LogP contribution in [0.2, 0.25) is 0 Å². The molecule has 6 atom stereocenters. The van der Waals surface area contributed by atoms with Gasteiger partial charge in [0.25, 0.3) is 0 Å². The molecule has 1 heterocycles. The smallest absolute Gasteiger partial charge is 0.224 e. The number of nitrogens with zero attached hydrogens (tertiary/aromatic N) is 2. The van der Waals surface area contributed by atoms with Gasteiger partial charge >= 0.3 is 0 Å². The van der Waals surface area contributed by atoms with E-state index in [1.165, 1.54) is 11.8 Å². The monoisotopic (exact) mass is 941 g/mol. The van der Waals surface area contributed by atoms with Crippen LogP contribution in [0.5, 0.6) is 0 Å². The van der Waals surface area contributed by atoms with Crippen LogP contribution < -0.4 is 50.4 Å². The summed E-state index contributed by atoms with van der Waals surface area (Å²) in [6.45, 7) is 6.25. The summed E-state index contributed by atoms with van der Waals surface area (Å²) in [5, 5.41) is 9.48. The summed E-state index contributed by atoms with van der Waals surface area (Å²) in [5.41, 5.74) is 35.2. The van der Waals surface area contributed by atoms with E-state index in [0.717, 1.165) is 16.5 Å². The van der Waals surface area contributed by atoms with Crippen LogP contribution in [0.25, 0.3) is 10.9 Å². The molecule has 2 aromatic rings. The number of fused-ring (bicyclic) bond motifs is 1. The lowest BCUT2D eigenvalue weighted by Gasteiger charge is -2.26. The lowest BCUT2D eigenvalue weighted by atomic mass is 9.87. The van der Waals surface area contributed by atoms with E-state index in [2.05, 4.69) is 30.9 Å². The SMILES string of the molecule is CCC(=O)N[C@@H](CCCN=C(N)N)C(=O)C[C@@H](CC(C)C)C(=O)N[C@@H](CCCN=C(N)N)C(=O)C[C@@H](CCCCN)C(=O)N[C@@H](Cc1c[nH]c2ccccc12)C(=O)C[C@@H](CCSC)C(N)=O. The number of aromatic amines is 1. The van der Waals surface area contributed by atoms with Gasteiger partial charge in [-0.3, -0.25) is 43.5 Å². The molecule has 1 aromatic heterocycles. The van der Waals surface area contributed by atoms with Crippen LogP contribution in [0.3, 0.4) is 0 Å². The number of Topliss-reactive ketones (excluding diaryl/α,β-unsaturated/α-hetero) is 3. The standard InChI is InChI=1S/C46H76N12O7S/c1-5-41(62)56-35(15-10-19-53-45(49)50)39(60)26-31(22-28(2)3)44(65)57-36(16-11-20-54-46(51)52)38(59)25-30(12-8-9-18-47)43(64)58-37(40(61)24-29(42(48)63)17-21-66-4)23-32-27-55-34-14-7-6-13-33(32)34/h6-7,13-14,27-31,35-37,55H,5,8-12,15-26,47H2,1-4H3,(H2,48,63)(H,56,62)(H,57,65)(H,58,64)(H4,49,50,53)(H4,51,52,54)/t29-,30-,31-,35+,36+,37+/m1/s1. The van der Waals surface area contributed by atoms with Crippen LogP contribution in [0, 0.1) is 23.7 Å². The summed E-state index contributed by atoms with van der Waals surface area (Å²) in [6, 6.07) is 4.53. The van der Waals surface area contributed by atoms with Crippen molar-refractivity contribution < 1.29 is 33.6 Å². The molecule has 0 aliphatic carbocycles. The number of primary amides is 1. The lowest BCUT2D eigenvalue weighted by Crippen LogP contribution is -2.48. The molecule has 0 bridgehead atoms. The maximum Gasteiger partial charge on any atom is 0.224 e. The van der Waals surface area contributed by atoms with E-state index < -0.39 is 59.4 Å². The van der Waals surface area contributed by atoms with E-state index in [-0.39, 0.29) is 99.8 Å². The molecule has 4 amide bonds. The number of carbonyl (C=O) groups excluding carboxylic acids is 7. The number of ketones is 3. The zero-order valence-electron chi connectivity index (χ0n) is 39.3. The zero-order valence-corrected chi connectivity index (χ0v) is 40.1. The Balaban J connectivity index is 2.47. The molecule has 16 N–H and O–H groups in total. The number of thioether (sulfide) groups is 1. The first kappa shape index (κ1) is 56.6. The number of rotatable bonds is 35. The number of guanidine groups is 2. The van der Waals surface area contributed by atoms with Gasteiger partial charge in [-0.15, -0.1) is 0 Å². The number of carbonyl (C=O) groups is 7. The molecule has 0 aliphatic rings. The summed E-state index contributed by atoms with van der Waals surface area (Å²) < 4.78 is 0. The minimum Gasteiger partial charge on any atom is -0.370 e. The van der Waals surface area contributed by atoms with E-state index in [4.69, 9.17) is 34.4 Å². The van der Waals surface area contributed by atoms with Crippen LogP contribution in [0.4, 0.5) is 0 Å². The van der Waals surface area contributed by atoms with Crippen molar-refractivity contribution in [1.82, 2.24) is 20.9 Å². The quantitative estimate of drug-likeness (QED) is 0.0268. The number of H-pyrrole nitrogens is 1. The molecule has 0 fully saturated rings. The Labute approximate surface area is 393 Å². The number of nitrogens with one attached hydrogen (secondary N) is 4. The maximum atomic E-state index is 14.4. The Kier molecular flexibility index (Phi) is 26.3. The highest BCUT2D eigenvalue weighted by Gasteiger charge is 2.34. The third-order valence-corrected chi connectivity index (χ3v) is 12.0. The predicted molar refractivity (Wildman–Crippen MR) is 262 cm³/mol. The van der Waals surface area contributed by atoms with Gasteiger partial charge in [0.05, 0.1) is 18.1 Å². The molecule has 0 unspecified atom stereocenters. The van der Waals surface area contributed by atoms with Gasteiger partial charge in [0, 0.05) is 80.0 Å². The second kappa shape index (κ2) is 30.7. The predicted octanol–water partition coefficient (Wildman–Crippen LogP) is 1.82. The van der Waals surface area contributed by atoms with Crippen LogP contribution in [0.1, 0.15) is 110 Å². The molecule has 66 heavy (non-hydrogen) atoms. The van der Waals surface area contributed by atoms with Crippen LogP contribution >= 0.6 is 11.8 Å². The fourth-order valence-electron chi connectivity index (χ4n) is 7.75. The second-order valence-electron chi connectivity index (χ2n) is 17.3. The Bertz CT molecular complexity index is 1950. The van der Waals surface area contributed by atoms with Crippen LogP contribution in [0.15, 0.2) is 40.4 Å². The minimum absolute atomic E-state index is 0.0190. The molecule has 0 radical (unpaired) electrons. The lowest BCUT2D eigenvalue weighted by molar-refractivity contribution is -0.136. The topological polar surface area (TPSA) is 352 Å². The van der Waals surface area contributed by atoms with Crippen molar-refractivity contribution in [2.24, 2.45) is 68.1 Å². The Morgan fingerprint density at radius 3 is 1.79 bits per heavy atom. The van der Waals surface area contributed by atoms with E-state index in [9.17, 15) is 33.6 Å². The molecule has 0 saturated carbocycles. The molecular weight excluding hydrogens is 865 g/mol. The fraction of sp³-hybridized carbons (Fsp3) is 0.630. The number of hydrogen-bond acceptors (Lipinski definition) is 11. The number of para-hydroxylation sites is 1. The second-order valence-corrected chi connectivity index (χ2v) is 18.2. The number of unbranched alkanes of at least 4 members (excludes halogenated alkanes) is 1. The summed E-state index contributed by atoms with van der Waals surface area (Å²) in [5.74, 6) is -5.30. The van der Waals surface area contributed by atoms with Gasteiger partial charge in [-0.25, -0.2) is 0 Å². The number of hydrogen-bond donors (Lipinski definition) is 10. The fourth-order valence-corrected chi connectivity index (χ4v) is 8.27. The zero-order chi connectivity index (χ0) is 49.2. The number of aliphatic imine (C=N–C) groups is 2. The van der Waals surface area contributed by atoms with Crippen LogP contribution in [-0.2, 0) is 40.0 Å². The van der Waals surface area contributed by atoms with E-state index >= 15 is 0 Å². The highest BCUT2D eigenvalue weighted by Crippen LogP contribution is 2.24. The number of benzene rings is 1. The number of aromatic nitrogens is 1. The van der Waals surface area contributed by atoms with Gasteiger partial charge in [0.2, 0.25) is 23.6 Å². The minimum atomic E-state index is -1.09. The van der Waals surface area contributed by atoms with Crippen LogP contribution in [-0.4, -0.2) is 108 Å². The molecule has 1 aromatic carbocycles. The molecule has 19 nitrogen and oxygen atoms in total. The first-order valence-electron chi connectivity index (χ1n) is 23.0. The average Bonchev–Trinajstić information content (AvgIpc) is 3.67. The molecule has 0 saturated heterocycles. The van der Waals surface area contributed by atoms with Gasteiger partial charge in [0.1, 0.15) is 0 Å². The molecule has 20 heteroatoms. The summed E-state index contributed by atoms with van der Waals surface area (Å²) in [4.78, 5) is 107. The first-order valence-corrected chi connectivity index (χ1v) is 24.4. The maximum absolute atomic E-state index is 14.4. The van der Waals surface area contributed by atoms with E-state index in [1.807, 2.05) is 44.4 Å². The number of amides is 4. The van der Waals surface area contributed by atoms with Crippen molar-refractivity contribution in [3.8, 4) is 0 Å². The first-order chi connectivity index (χ1) is 31.4. The largest absolute Gasteiger partial charge is 0.370 e. The molecule has 2 rings (SSSR count). The summed E-state index contributed by atoms with van der Waals surface area (Å²) >= 11 is 1.53. The third kappa shape index (κ3) is 21.2. The third-order valence-electron chi connectivity index (χ3n) is 11.4. The van der Waals surface area contributed by atoms with Gasteiger partial charge in [-0.2, -0.15) is 11.8 Å². The van der Waals surface area contributed by atoms with Crippen molar-refractivity contribution in [3.63, 3.8) is 0 Å². The average molecular weight is 941 g/mol. The normalized spacial score (nSPS) is 14.0. The molecule has 0 aliphatic heterocycles. The van der Waals surface area contributed by atoms with Crippen molar-refractivity contribution in [2.75, 3.05) is 31.6 Å².